The predicted octanol–water partition coefficient (Wildman–Crippen LogP) is 5.18. The first-order valence-electron chi connectivity index (χ1n) is 12.9. The van der Waals surface area contributed by atoms with Crippen molar-refractivity contribution in [1.82, 2.24) is 20.3 Å². The van der Waals surface area contributed by atoms with Gasteiger partial charge in [0.2, 0.25) is 11.8 Å². The number of amides is 1. The Kier molecular flexibility index (Phi) is 8.82. The number of rotatable bonds is 7. The number of para-hydroxylation sites is 1. The summed E-state index contributed by atoms with van der Waals surface area (Å²) in [7, 11) is 4.10. The molecule has 5 rings (SSSR count). The number of benzene rings is 1. The van der Waals surface area contributed by atoms with Crippen LogP contribution in [0.25, 0.3) is 0 Å². The fourth-order valence-corrected chi connectivity index (χ4v) is 5.08. The van der Waals surface area contributed by atoms with Crippen molar-refractivity contribution in [3.8, 4) is 11.6 Å². The molecular weight excluding hydrogens is 488 g/mol. The average molecular weight is 523 g/mol. The number of pyridine rings is 1. The molecule has 2 aliphatic carbocycles. The molecule has 0 radical (unpaired) electrons. The largest absolute Gasteiger partial charge is 0.438 e. The monoisotopic (exact) mass is 522 g/mol. The summed E-state index contributed by atoms with van der Waals surface area (Å²) < 4.78 is 5.87. The third-order valence-electron chi connectivity index (χ3n) is 6.95. The van der Waals surface area contributed by atoms with Crippen LogP contribution >= 0.6 is 12.4 Å². The van der Waals surface area contributed by atoms with E-state index in [0.717, 1.165) is 50.3 Å². The summed E-state index contributed by atoms with van der Waals surface area (Å²) in [6, 6.07) is 13.3. The molecule has 0 aliphatic heterocycles. The zero-order valence-corrected chi connectivity index (χ0v) is 22.3. The van der Waals surface area contributed by atoms with Crippen molar-refractivity contribution in [3.63, 3.8) is 0 Å². The second-order valence-corrected chi connectivity index (χ2v) is 9.84. The molecule has 0 atom stereocenters. The highest BCUT2D eigenvalue weighted by molar-refractivity contribution is 5.96. The quantitative estimate of drug-likeness (QED) is 0.441. The predicted molar refractivity (Wildman–Crippen MR) is 148 cm³/mol. The van der Waals surface area contributed by atoms with Crippen molar-refractivity contribution >= 4 is 30.1 Å². The van der Waals surface area contributed by atoms with Crippen LogP contribution < -0.4 is 20.3 Å². The van der Waals surface area contributed by atoms with Gasteiger partial charge in [0.15, 0.2) is 0 Å². The van der Waals surface area contributed by atoms with E-state index in [2.05, 4.69) is 20.5 Å². The molecule has 0 unspecified atom stereocenters. The molecular formula is C28H35ClN6O2. The first-order valence-corrected chi connectivity index (χ1v) is 12.9. The zero-order chi connectivity index (χ0) is 24.9. The van der Waals surface area contributed by atoms with Gasteiger partial charge in [-0.15, -0.1) is 12.4 Å². The molecule has 1 fully saturated rings. The van der Waals surface area contributed by atoms with E-state index in [9.17, 15) is 4.79 Å². The Hall–Kier alpha value is -3.39. The van der Waals surface area contributed by atoms with Crippen LogP contribution in [0.1, 0.15) is 60.1 Å². The summed E-state index contributed by atoms with van der Waals surface area (Å²) in [5.74, 6) is 2.58. The molecule has 9 heteroatoms. The number of ether oxygens (including phenoxy) is 1. The second kappa shape index (κ2) is 12.2. The highest BCUT2D eigenvalue weighted by atomic mass is 35.5. The number of aryl methyl sites for hydroxylation is 1. The normalized spacial score (nSPS) is 18.6. The maximum Gasteiger partial charge on any atom is 0.257 e. The summed E-state index contributed by atoms with van der Waals surface area (Å²) in [6.07, 6.45) is 9.80. The van der Waals surface area contributed by atoms with Crippen molar-refractivity contribution in [1.29, 1.82) is 0 Å². The highest BCUT2D eigenvalue weighted by Gasteiger charge is 2.26. The van der Waals surface area contributed by atoms with Crippen LogP contribution in [0.5, 0.6) is 11.6 Å². The van der Waals surface area contributed by atoms with Crippen LogP contribution in [0.3, 0.4) is 0 Å². The van der Waals surface area contributed by atoms with Crippen LogP contribution in [0, 0.1) is 0 Å². The minimum Gasteiger partial charge on any atom is -0.438 e. The molecule has 8 nitrogen and oxygen atoms in total. The molecule has 37 heavy (non-hydrogen) atoms. The average Bonchev–Trinajstić information content (AvgIpc) is 2.90. The van der Waals surface area contributed by atoms with Gasteiger partial charge in [-0.1, -0.05) is 18.2 Å². The summed E-state index contributed by atoms with van der Waals surface area (Å²) in [5.41, 5.74) is 2.93. The molecule has 2 aliphatic rings. The van der Waals surface area contributed by atoms with Gasteiger partial charge in [-0.05, 0) is 75.6 Å². The minimum atomic E-state index is -0.154. The first-order chi connectivity index (χ1) is 17.6. The Morgan fingerprint density at radius 3 is 2.43 bits per heavy atom. The van der Waals surface area contributed by atoms with Crippen molar-refractivity contribution < 1.29 is 9.53 Å². The van der Waals surface area contributed by atoms with E-state index >= 15 is 0 Å². The van der Waals surface area contributed by atoms with Gasteiger partial charge in [-0.2, -0.15) is 4.98 Å². The van der Waals surface area contributed by atoms with E-state index in [1.807, 2.05) is 44.4 Å². The number of halogens is 1. The number of hydrogen-bond donors (Lipinski definition) is 2. The van der Waals surface area contributed by atoms with Crippen molar-refractivity contribution in [3.05, 3.63) is 65.5 Å². The van der Waals surface area contributed by atoms with Gasteiger partial charge in [0.25, 0.3) is 5.91 Å². The van der Waals surface area contributed by atoms with E-state index in [1.165, 1.54) is 24.1 Å². The lowest BCUT2D eigenvalue weighted by Gasteiger charge is -2.30. The van der Waals surface area contributed by atoms with E-state index in [1.54, 1.807) is 18.3 Å². The number of aromatic nitrogens is 3. The summed E-state index contributed by atoms with van der Waals surface area (Å²) in [5, 5.41) is 6.76. The molecule has 2 N–H and O–H groups in total. The van der Waals surface area contributed by atoms with E-state index in [0.29, 0.717) is 23.2 Å². The maximum atomic E-state index is 13.1. The number of carbonyl (C=O) groups is 1. The van der Waals surface area contributed by atoms with Crippen LogP contribution in [-0.2, 0) is 12.8 Å². The maximum absolute atomic E-state index is 13.1. The van der Waals surface area contributed by atoms with Gasteiger partial charge >= 0.3 is 0 Å². The third kappa shape index (κ3) is 6.49. The van der Waals surface area contributed by atoms with Crippen molar-refractivity contribution in [2.24, 2.45) is 0 Å². The molecule has 0 bridgehead atoms. The molecule has 1 aromatic carbocycles. The molecule has 0 saturated heterocycles. The molecule has 2 aromatic heterocycles. The van der Waals surface area contributed by atoms with Crippen LogP contribution in [-0.4, -0.2) is 47.0 Å². The van der Waals surface area contributed by atoms with Crippen LogP contribution in [0.4, 0.5) is 11.8 Å². The summed E-state index contributed by atoms with van der Waals surface area (Å²) in [6.45, 7) is 0. The summed E-state index contributed by atoms with van der Waals surface area (Å²) in [4.78, 5) is 29.2. The van der Waals surface area contributed by atoms with E-state index in [4.69, 9.17) is 14.7 Å². The van der Waals surface area contributed by atoms with Gasteiger partial charge in [0.1, 0.15) is 17.1 Å². The third-order valence-corrected chi connectivity index (χ3v) is 6.95. The number of anilines is 2. The Morgan fingerprint density at radius 2 is 1.68 bits per heavy atom. The Balaban J connectivity index is 0.00000320. The van der Waals surface area contributed by atoms with Crippen LogP contribution in [0.2, 0.25) is 0 Å². The zero-order valence-electron chi connectivity index (χ0n) is 21.4. The Labute approximate surface area is 224 Å². The lowest BCUT2D eigenvalue weighted by atomic mass is 9.91. The first kappa shape index (κ1) is 26.7. The standard InChI is InChI=1S/C28H34N6O2.ClH/c1-34(2)25-22-11-6-7-13-24(22)32-28(33-25)31-20-16-14-19(15-17-20)30-26(35)23-12-8-18-29-27(23)36-21-9-4-3-5-10-21;/h3-5,8-10,12,18-20H,6-7,11,13-17H2,1-2H3,(H,30,35)(H,31,32,33);1H. The summed E-state index contributed by atoms with van der Waals surface area (Å²) >= 11 is 0. The molecule has 196 valence electrons. The molecule has 3 aromatic rings. The minimum absolute atomic E-state index is 0. The number of nitrogens with zero attached hydrogens (tertiary/aromatic N) is 4. The van der Waals surface area contributed by atoms with Crippen molar-refractivity contribution in [2.75, 3.05) is 24.3 Å². The fraction of sp³-hybridized carbons (Fsp3) is 0.429. The lowest BCUT2D eigenvalue weighted by Crippen LogP contribution is -2.40. The topological polar surface area (TPSA) is 92.3 Å². The Morgan fingerprint density at radius 1 is 0.946 bits per heavy atom. The van der Waals surface area contributed by atoms with Gasteiger partial charge < -0.3 is 20.3 Å². The Bertz CT molecular complexity index is 1200. The van der Waals surface area contributed by atoms with Gasteiger partial charge in [-0.3, -0.25) is 4.79 Å². The highest BCUT2D eigenvalue weighted by Crippen LogP contribution is 2.30. The number of hydrogen-bond acceptors (Lipinski definition) is 7. The van der Waals surface area contributed by atoms with Crippen molar-refractivity contribution in [2.45, 2.75) is 63.5 Å². The number of fused-ring (bicyclic) bond motifs is 1. The number of carbonyl (C=O) groups excluding carboxylic acids is 1. The molecule has 2 heterocycles. The second-order valence-electron chi connectivity index (χ2n) is 9.84. The van der Waals surface area contributed by atoms with E-state index < -0.39 is 0 Å². The fourth-order valence-electron chi connectivity index (χ4n) is 5.08. The SMILES string of the molecule is CN(C)c1nc(NC2CCC(NC(=O)c3cccnc3Oc3ccccc3)CC2)nc2c1CCCC2.Cl. The molecule has 1 saturated carbocycles. The molecule has 1 amide bonds. The van der Waals surface area contributed by atoms with Gasteiger partial charge in [-0.25, -0.2) is 9.97 Å². The number of nitrogens with one attached hydrogen (secondary N) is 2. The van der Waals surface area contributed by atoms with Crippen LogP contribution in [0.15, 0.2) is 48.7 Å². The smallest absolute Gasteiger partial charge is 0.257 e. The molecule has 0 spiro atoms. The van der Waals surface area contributed by atoms with Gasteiger partial charge in [0, 0.05) is 37.9 Å². The van der Waals surface area contributed by atoms with Gasteiger partial charge in [0.05, 0.1) is 5.69 Å². The van der Waals surface area contributed by atoms with E-state index in [-0.39, 0.29) is 24.4 Å². The lowest BCUT2D eigenvalue weighted by molar-refractivity contribution is 0.0923.